The highest BCUT2D eigenvalue weighted by Gasteiger charge is 2.34. The van der Waals surface area contributed by atoms with Gasteiger partial charge in [0.1, 0.15) is 0 Å². The zero-order chi connectivity index (χ0) is 10.9. The van der Waals surface area contributed by atoms with Crippen LogP contribution in [0.5, 0.6) is 0 Å². The van der Waals surface area contributed by atoms with Crippen molar-refractivity contribution in [2.45, 2.75) is 12.1 Å². The molecule has 0 saturated carbocycles. The lowest BCUT2D eigenvalue weighted by molar-refractivity contribution is -0.137. The average molecular weight is 244 g/mol. The second-order valence-corrected chi connectivity index (χ2v) is 3.27. The van der Waals surface area contributed by atoms with Crippen molar-refractivity contribution < 1.29 is 13.2 Å². The van der Waals surface area contributed by atoms with E-state index in [1.54, 1.807) is 0 Å². The molecule has 0 saturated heterocycles. The van der Waals surface area contributed by atoms with Crippen LogP contribution in [0.3, 0.4) is 0 Å². The summed E-state index contributed by atoms with van der Waals surface area (Å²) >= 11 is 10.9. The van der Waals surface area contributed by atoms with Gasteiger partial charge in [0.05, 0.1) is 16.5 Å². The molecule has 1 aromatic rings. The van der Waals surface area contributed by atoms with E-state index in [9.17, 15) is 13.2 Å². The number of nitrogens with two attached hydrogens (primary N) is 1. The summed E-state index contributed by atoms with van der Waals surface area (Å²) in [6.07, 6.45) is -4.48. The minimum absolute atomic E-state index is 0.114. The van der Waals surface area contributed by atoms with Crippen molar-refractivity contribution in [1.82, 2.24) is 0 Å². The maximum absolute atomic E-state index is 12.3. The maximum atomic E-state index is 12.3. The summed E-state index contributed by atoms with van der Waals surface area (Å²) < 4.78 is 37.0. The van der Waals surface area contributed by atoms with Crippen molar-refractivity contribution in [3.63, 3.8) is 0 Å². The lowest BCUT2D eigenvalue weighted by atomic mass is 10.1. The minimum atomic E-state index is -4.48. The number of nitrogen functional groups attached to an aromatic ring is 1. The highest BCUT2D eigenvalue weighted by Crippen LogP contribution is 2.38. The third-order valence-corrected chi connectivity index (χ3v) is 2.42. The zero-order valence-electron chi connectivity index (χ0n) is 6.83. The van der Waals surface area contributed by atoms with Gasteiger partial charge in [0.25, 0.3) is 0 Å². The first kappa shape index (κ1) is 11.5. The summed E-state index contributed by atoms with van der Waals surface area (Å²) in [7, 11) is 0. The minimum Gasteiger partial charge on any atom is -0.398 e. The maximum Gasteiger partial charge on any atom is 0.417 e. The Balaban J connectivity index is 3.36. The number of halogens is 5. The molecule has 0 aromatic heterocycles. The summed E-state index contributed by atoms with van der Waals surface area (Å²) in [5.41, 5.74) is 4.77. The molecule has 0 aliphatic carbocycles. The first-order chi connectivity index (χ1) is 6.38. The second-order valence-electron chi connectivity index (χ2n) is 2.63. The van der Waals surface area contributed by atoms with Gasteiger partial charge in [-0.05, 0) is 12.1 Å². The fourth-order valence-corrected chi connectivity index (χ4v) is 1.69. The van der Waals surface area contributed by atoms with Gasteiger partial charge < -0.3 is 5.73 Å². The van der Waals surface area contributed by atoms with Gasteiger partial charge in [0.15, 0.2) is 0 Å². The molecule has 0 bridgehead atoms. The van der Waals surface area contributed by atoms with Crippen molar-refractivity contribution >= 4 is 28.9 Å². The molecule has 0 spiro atoms. The standard InChI is InChI=1S/C8H6Cl2F3N/c9-3-4-6(14)2-1-5(7(4)10)8(11,12)13/h1-2H,3,14H2. The van der Waals surface area contributed by atoms with Crippen molar-refractivity contribution in [2.24, 2.45) is 0 Å². The summed E-state index contributed by atoms with van der Waals surface area (Å²) in [4.78, 5) is 0. The van der Waals surface area contributed by atoms with Gasteiger partial charge in [0, 0.05) is 11.3 Å². The molecule has 0 fully saturated rings. The van der Waals surface area contributed by atoms with E-state index in [2.05, 4.69) is 0 Å². The molecule has 0 atom stereocenters. The molecule has 0 heterocycles. The van der Waals surface area contributed by atoms with Crippen molar-refractivity contribution in [3.8, 4) is 0 Å². The number of hydrogen-bond acceptors (Lipinski definition) is 1. The fraction of sp³-hybridized carbons (Fsp3) is 0.250. The van der Waals surface area contributed by atoms with E-state index < -0.39 is 16.8 Å². The van der Waals surface area contributed by atoms with Gasteiger partial charge in [-0.2, -0.15) is 13.2 Å². The lowest BCUT2D eigenvalue weighted by Crippen LogP contribution is -2.08. The van der Waals surface area contributed by atoms with Crippen molar-refractivity contribution in [3.05, 3.63) is 28.3 Å². The molecule has 78 valence electrons. The van der Waals surface area contributed by atoms with E-state index in [1.165, 1.54) is 0 Å². The van der Waals surface area contributed by atoms with Gasteiger partial charge in [-0.1, -0.05) is 11.6 Å². The quantitative estimate of drug-likeness (QED) is 0.591. The predicted octanol–water partition coefficient (Wildman–Crippen LogP) is 3.68. The van der Waals surface area contributed by atoms with Crippen LogP contribution in [0.1, 0.15) is 11.1 Å². The van der Waals surface area contributed by atoms with E-state index in [0.717, 1.165) is 12.1 Å². The Labute approximate surface area is 88.6 Å². The highest BCUT2D eigenvalue weighted by molar-refractivity contribution is 6.33. The smallest absolute Gasteiger partial charge is 0.398 e. The second kappa shape index (κ2) is 3.87. The topological polar surface area (TPSA) is 26.0 Å². The summed E-state index contributed by atoms with van der Waals surface area (Å²) in [5.74, 6) is -0.144. The molecule has 1 rings (SSSR count). The van der Waals surface area contributed by atoms with Crippen molar-refractivity contribution in [1.29, 1.82) is 0 Å². The molecule has 14 heavy (non-hydrogen) atoms. The summed E-state index contributed by atoms with van der Waals surface area (Å²) in [6.45, 7) is 0. The Morgan fingerprint density at radius 1 is 1.29 bits per heavy atom. The van der Waals surface area contributed by atoms with Crippen LogP contribution in [-0.4, -0.2) is 0 Å². The molecule has 2 N–H and O–H groups in total. The van der Waals surface area contributed by atoms with Crippen LogP contribution in [0, 0.1) is 0 Å². The van der Waals surface area contributed by atoms with Crippen LogP contribution in [-0.2, 0) is 12.1 Å². The summed E-state index contributed by atoms with van der Waals surface area (Å²) in [5, 5.41) is -0.424. The molecule has 1 nitrogen and oxygen atoms in total. The number of hydrogen-bond donors (Lipinski definition) is 1. The molecule has 0 radical (unpaired) electrons. The third-order valence-electron chi connectivity index (χ3n) is 1.72. The monoisotopic (exact) mass is 243 g/mol. The van der Waals surface area contributed by atoms with Gasteiger partial charge in [0.2, 0.25) is 0 Å². The molecular weight excluding hydrogens is 238 g/mol. The zero-order valence-corrected chi connectivity index (χ0v) is 8.34. The Morgan fingerprint density at radius 2 is 1.86 bits per heavy atom. The van der Waals surface area contributed by atoms with Crippen LogP contribution in [0.25, 0.3) is 0 Å². The van der Waals surface area contributed by atoms with E-state index >= 15 is 0 Å². The van der Waals surface area contributed by atoms with E-state index in [4.69, 9.17) is 28.9 Å². The lowest BCUT2D eigenvalue weighted by Gasteiger charge is -2.12. The normalized spacial score (nSPS) is 11.8. The van der Waals surface area contributed by atoms with Crippen LogP contribution < -0.4 is 5.73 Å². The first-order valence-corrected chi connectivity index (χ1v) is 4.49. The molecular formula is C8H6Cl2F3N. The predicted molar refractivity (Wildman–Crippen MR) is 50.4 cm³/mol. The Bertz CT molecular complexity index is 349. The van der Waals surface area contributed by atoms with Crippen molar-refractivity contribution in [2.75, 3.05) is 5.73 Å². The molecule has 6 heteroatoms. The molecule has 0 unspecified atom stereocenters. The van der Waals surface area contributed by atoms with Gasteiger partial charge >= 0.3 is 6.18 Å². The van der Waals surface area contributed by atoms with Crippen LogP contribution in [0.4, 0.5) is 18.9 Å². The van der Waals surface area contributed by atoms with E-state index in [-0.39, 0.29) is 17.1 Å². The number of benzene rings is 1. The Kier molecular flexibility index (Phi) is 3.17. The van der Waals surface area contributed by atoms with Gasteiger partial charge in [-0.15, -0.1) is 11.6 Å². The molecule has 0 aliphatic rings. The average Bonchev–Trinajstić information content (AvgIpc) is 2.02. The molecule has 1 aromatic carbocycles. The van der Waals surface area contributed by atoms with Crippen LogP contribution in [0.15, 0.2) is 12.1 Å². The number of rotatable bonds is 1. The fourth-order valence-electron chi connectivity index (χ4n) is 0.991. The van der Waals surface area contributed by atoms with E-state index in [1.807, 2.05) is 0 Å². The molecule has 0 aliphatic heterocycles. The number of alkyl halides is 4. The van der Waals surface area contributed by atoms with Crippen LogP contribution in [0.2, 0.25) is 5.02 Å². The third kappa shape index (κ3) is 2.07. The first-order valence-electron chi connectivity index (χ1n) is 3.58. The SMILES string of the molecule is Nc1ccc(C(F)(F)F)c(Cl)c1CCl. The Hall–Kier alpha value is -0.610. The van der Waals surface area contributed by atoms with Crippen LogP contribution >= 0.6 is 23.2 Å². The van der Waals surface area contributed by atoms with E-state index in [0.29, 0.717) is 0 Å². The summed E-state index contributed by atoms with van der Waals surface area (Å²) in [6, 6.07) is 1.99. The Morgan fingerprint density at radius 3 is 2.29 bits per heavy atom. The number of anilines is 1. The van der Waals surface area contributed by atoms with Gasteiger partial charge in [-0.3, -0.25) is 0 Å². The highest BCUT2D eigenvalue weighted by atomic mass is 35.5. The largest absolute Gasteiger partial charge is 0.417 e. The van der Waals surface area contributed by atoms with Gasteiger partial charge in [-0.25, -0.2) is 0 Å². The molecule has 0 amide bonds.